The van der Waals surface area contributed by atoms with E-state index in [1.165, 1.54) is 13.3 Å². The fraction of sp³-hybridized carbons (Fsp3) is 0.333. The number of methoxy groups -OCH3 is 1. The Morgan fingerprint density at radius 2 is 2.05 bits per heavy atom. The summed E-state index contributed by atoms with van der Waals surface area (Å²) in [4.78, 5) is 0. The van der Waals surface area contributed by atoms with Crippen molar-refractivity contribution >= 4 is 20.9 Å². The lowest BCUT2D eigenvalue weighted by Crippen LogP contribution is -2.08. The zero-order valence-corrected chi connectivity index (χ0v) is 11.2. The number of aromatic nitrogens is 1. The zero-order valence-electron chi connectivity index (χ0n) is 10.4. The first kappa shape index (κ1) is 13.8. The second-order valence-electron chi connectivity index (χ2n) is 4.19. The molecule has 4 nitrogen and oxygen atoms in total. The van der Waals surface area contributed by atoms with Crippen LogP contribution in [0.2, 0.25) is 0 Å². The van der Waals surface area contributed by atoms with Gasteiger partial charge >= 0.3 is 0 Å². The molecule has 0 radical (unpaired) electrons. The molecule has 1 aromatic carbocycles. The molecule has 0 N–H and O–H groups in total. The second kappa shape index (κ2) is 4.80. The molecule has 1 heterocycles. The Morgan fingerprint density at radius 3 is 2.58 bits per heavy atom. The molecule has 0 aliphatic heterocycles. The third kappa shape index (κ3) is 2.70. The van der Waals surface area contributed by atoms with Crippen molar-refractivity contribution < 1.29 is 21.9 Å². The number of alkyl halides is 2. The van der Waals surface area contributed by atoms with Gasteiger partial charge in [0.15, 0.2) is 0 Å². The summed E-state index contributed by atoms with van der Waals surface area (Å²) in [5, 5.41) is 0.463. The smallest absolute Gasteiger partial charge is 0.242 e. The fourth-order valence-corrected chi connectivity index (χ4v) is 2.81. The number of rotatable bonds is 4. The minimum atomic E-state index is -3.53. The first-order valence-electron chi connectivity index (χ1n) is 5.49. The van der Waals surface area contributed by atoms with Crippen molar-refractivity contribution in [3.63, 3.8) is 0 Å². The van der Waals surface area contributed by atoms with Crippen molar-refractivity contribution in [1.29, 1.82) is 0 Å². The molecular weight excluding hydrogens is 276 g/mol. The van der Waals surface area contributed by atoms with Crippen molar-refractivity contribution in [2.45, 2.75) is 12.8 Å². The fourth-order valence-electron chi connectivity index (χ4n) is 1.98. The average molecular weight is 289 g/mol. The van der Waals surface area contributed by atoms with Crippen LogP contribution < -0.4 is 4.74 Å². The molecule has 0 aliphatic rings. The van der Waals surface area contributed by atoms with E-state index >= 15 is 0 Å². The van der Waals surface area contributed by atoms with Gasteiger partial charge in [-0.2, -0.15) is 0 Å². The van der Waals surface area contributed by atoms with Gasteiger partial charge in [-0.05, 0) is 23.8 Å². The lowest BCUT2D eigenvalue weighted by atomic mass is 10.1. The van der Waals surface area contributed by atoms with Crippen LogP contribution in [0.1, 0.15) is 5.56 Å². The van der Waals surface area contributed by atoms with Gasteiger partial charge in [-0.15, -0.1) is 0 Å². The summed E-state index contributed by atoms with van der Waals surface area (Å²) in [6.45, 7) is 0. The molecular formula is C12H13F2NO3S. The molecule has 0 unspecified atom stereocenters. The maximum Gasteiger partial charge on any atom is 0.242 e. The van der Waals surface area contributed by atoms with Crippen LogP contribution in [-0.2, 0) is 16.4 Å². The van der Waals surface area contributed by atoms with Crippen LogP contribution in [0.25, 0.3) is 10.9 Å². The SMILES string of the molecule is COc1ccc2c(c1)c(CC(F)F)cn2S(C)(=O)=O. The number of hydrogen-bond donors (Lipinski definition) is 0. The Morgan fingerprint density at radius 1 is 1.37 bits per heavy atom. The number of hydrogen-bond acceptors (Lipinski definition) is 3. The molecule has 0 aliphatic carbocycles. The monoisotopic (exact) mass is 289 g/mol. The molecule has 0 fully saturated rings. The Balaban J connectivity index is 2.73. The molecule has 104 valence electrons. The Hall–Kier alpha value is -1.63. The highest BCUT2D eigenvalue weighted by atomic mass is 32.2. The van der Waals surface area contributed by atoms with Crippen molar-refractivity contribution in [3.05, 3.63) is 30.0 Å². The van der Waals surface area contributed by atoms with E-state index in [9.17, 15) is 17.2 Å². The number of halogens is 2. The molecule has 19 heavy (non-hydrogen) atoms. The molecule has 0 saturated carbocycles. The van der Waals surface area contributed by atoms with E-state index in [0.717, 1.165) is 10.2 Å². The molecule has 7 heteroatoms. The molecule has 0 spiro atoms. The highest BCUT2D eigenvalue weighted by molar-refractivity contribution is 7.89. The van der Waals surface area contributed by atoms with Gasteiger partial charge in [0.05, 0.1) is 18.9 Å². The summed E-state index contributed by atoms with van der Waals surface area (Å²) in [5.41, 5.74) is 0.660. The standard InChI is InChI=1S/C12H13F2NO3S/c1-18-9-3-4-11-10(6-9)8(5-12(13)14)7-15(11)19(2,16)17/h3-4,6-7,12H,5H2,1-2H3. The van der Waals surface area contributed by atoms with Crippen LogP contribution in [0.4, 0.5) is 8.78 Å². The van der Waals surface area contributed by atoms with E-state index in [1.807, 2.05) is 0 Å². The van der Waals surface area contributed by atoms with E-state index in [1.54, 1.807) is 18.2 Å². The summed E-state index contributed by atoms with van der Waals surface area (Å²) in [5.74, 6) is 0.495. The third-order valence-corrected chi connectivity index (χ3v) is 3.81. The van der Waals surface area contributed by atoms with Crippen molar-refractivity contribution in [2.75, 3.05) is 13.4 Å². The topological polar surface area (TPSA) is 48.3 Å². The quantitative estimate of drug-likeness (QED) is 0.867. The molecule has 0 bridgehead atoms. The summed E-state index contributed by atoms with van der Waals surface area (Å²) in [7, 11) is -2.07. The lowest BCUT2D eigenvalue weighted by molar-refractivity contribution is 0.149. The summed E-state index contributed by atoms with van der Waals surface area (Å²) < 4.78 is 54.4. The maximum absolute atomic E-state index is 12.5. The lowest BCUT2D eigenvalue weighted by Gasteiger charge is -2.03. The number of nitrogens with zero attached hydrogens (tertiary/aromatic N) is 1. The van der Waals surface area contributed by atoms with Gasteiger partial charge in [0.2, 0.25) is 16.4 Å². The first-order chi connectivity index (χ1) is 8.82. The molecule has 2 rings (SSSR count). The van der Waals surface area contributed by atoms with Crippen molar-refractivity contribution in [1.82, 2.24) is 3.97 Å². The summed E-state index contributed by atoms with van der Waals surface area (Å²) in [6.07, 6.45) is -0.759. The zero-order chi connectivity index (χ0) is 14.2. The van der Waals surface area contributed by atoms with E-state index in [-0.39, 0.29) is 5.56 Å². The minimum Gasteiger partial charge on any atom is -0.497 e. The van der Waals surface area contributed by atoms with Crippen molar-refractivity contribution in [3.8, 4) is 5.75 Å². The van der Waals surface area contributed by atoms with Crippen LogP contribution in [0, 0.1) is 0 Å². The predicted molar refractivity (Wildman–Crippen MR) is 68.4 cm³/mol. The second-order valence-corrected chi connectivity index (χ2v) is 6.05. The normalized spacial score (nSPS) is 12.3. The van der Waals surface area contributed by atoms with Crippen LogP contribution in [0.15, 0.2) is 24.4 Å². The van der Waals surface area contributed by atoms with Gasteiger partial charge in [-0.1, -0.05) is 0 Å². The highest BCUT2D eigenvalue weighted by Crippen LogP contribution is 2.28. The van der Waals surface area contributed by atoms with Crippen molar-refractivity contribution in [2.24, 2.45) is 0 Å². The third-order valence-electron chi connectivity index (χ3n) is 2.79. The molecule has 1 aromatic heterocycles. The number of fused-ring (bicyclic) bond motifs is 1. The van der Waals surface area contributed by atoms with Gasteiger partial charge in [-0.3, -0.25) is 0 Å². The van der Waals surface area contributed by atoms with Gasteiger partial charge in [-0.25, -0.2) is 21.2 Å². The van der Waals surface area contributed by atoms with E-state index in [2.05, 4.69) is 0 Å². The molecule has 0 saturated heterocycles. The average Bonchev–Trinajstić information content (AvgIpc) is 2.66. The van der Waals surface area contributed by atoms with E-state index in [4.69, 9.17) is 4.74 Å². The van der Waals surface area contributed by atoms with Gasteiger partial charge in [0, 0.05) is 18.0 Å². The number of ether oxygens (including phenoxy) is 1. The predicted octanol–water partition coefficient (Wildman–Crippen LogP) is 2.27. The summed E-state index contributed by atoms with van der Waals surface area (Å²) in [6, 6.07) is 4.70. The molecule has 0 atom stereocenters. The van der Waals surface area contributed by atoms with Gasteiger partial charge in [0.25, 0.3) is 0 Å². The first-order valence-corrected chi connectivity index (χ1v) is 7.34. The van der Waals surface area contributed by atoms with Crippen LogP contribution in [0.3, 0.4) is 0 Å². The minimum absolute atomic E-state index is 0.286. The number of benzene rings is 1. The maximum atomic E-state index is 12.5. The summed E-state index contributed by atoms with van der Waals surface area (Å²) >= 11 is 0. The largest absolute Gasteiger partial charge is 0.497 e. The van der Waals surface area contributed by atoms with Crippen LogP contribution in [0.5, 0.6) is 5.75 Å². The Kier molecular flexibility index (Phi) is 3.49. The molecule has 0 amide bonds. The molecule has 2 aromatic rings. The van der Waals surface area contributed by atoms with Gasteiger partial charge in [0.1, 0.15) is 5.75 Å². The van der Waals surface area contributed by atoms with E-state index in [0.29, 0.717) is 16.7 Å². The Labute approximate surface area is 109 Å². The van der Waals surface area contributed by atoms with Gasteiger partial charge < -0.3 is 4.74 Å². The van der Waals surface area contributed by atoms with Crippen LogP contribution in [-0.4, -0.2) is 32.2 Å². The van der Waals surface area contributed by atoms with Crippen LogP contribution >= 0.6 is 0 Å². The highest BCUT2D eigenvalue weighted by Gasteiger charge is 2.17. The van der Waals surface area contributed by atoms with E-state index < -0.39 is 22.9 Å². The Bertz CT molecular complexity index is 707.